The zero-order valence-corrected chi connectivity index (χ0v) is 11.2. The third-order valence-corrected chi connectivity index (χ3v) is 3.38. The maximum Gasteiger partial charge on any atom is 0.255 e. The van der Waals surface area contributed by atoms with Crippen molar-refractivity contribution >= 4 is 10.8 Å². The van der Waals surface area contributed by atoms with Gasteiger partial charge in [-0.15, -0.1) is 0 Å². The van der Waals surface area contributed by atoms with Crippen molar-refractivity contribution in [3.63, 3.8) is 0 Å². The van der Waals surface area contributed by atoms with Crippen LogP contribution in [0.5, 0.6) is 0 Å². The number of hydrogen-bond acceptors (Lipinski definition) is 2. The molecule has 0 bridgehead atoms. The molecule has 20 heavy (non-hydrogen) atoms. The first-order valence-corrected chi connectivity index (χ1v) is 6.32. The van der Waals surface area contributed by atoms with Gasteiger partial charge in [-0.05, 0) is 43.5 Å². The van der Waals surface area contributed by atoms with Crippen molar-refractivity contribution in [2.75, 3.05) is 0 Å². The molecule has 0 aliphatic carbocycles. The Morgan fingerprint density at radius 2 is 1.85 bits per heavy atom. The van der Waals surface area contributed by atoms with E-state index >= 15 is 0 Å². The molecule has 0 aliphatic rings. The maximum absolute atomic E-state index is 13.5. The van der Waals surface area contributed by atoms with Gasteiger partial charge in [0.2, 0.25) is 0 Å². The summed E-state index contributed by atoms with van der Waals surface area (Å²) in [7, 11) is 0. The second kappa shape index (κ2) is 4.56. The molecule has 2 aromatic heterocycles. The van der Waals surface area contributed by atoms with Gasteiger partial charge in [-0.1, -0.05) is 6.07 Å². The molecule has 0 unspecified atom stereocenters. The third-order valence-electron chi connectivity index (χ3n) is 3.38. The zero-order chi connectivity index (χ0) is 14.3. The Labute approximate surface area is 115 Å². The molecule has 0 atom stereocenters. The van der Waals surface area contributed by atoms with Crippen LogP contribution in [0.2, 0.25) is 0 Å². The lowest BCUT2D eigenvalue weighted by Crippen LogP contribution is -2.06. The summed E-state index contributed by atoms with van der Waals surface area (Å²) in [5.41, 5.74) is 3.22. The van der Waals surface area contributed by atoms with E-state index < -0.39 is 0 Å². The molecular formula is C16H13FN2O. The number of benzene rings is 1. The minimum Gasteiger partial charge on any atom is -0.328 e. The SMILES string of the molecule is Cc1ccc(-c2c[nH]c(=O)c3ccc(F)cc23)c(C)n1. The van der Waals surface area contributed by atoms with Gasteiger partial charge in [0.25, 0.3) is 5.56 Å². The molecule has 2 heterocycles. The number of aryl methyl sites for hydroxylation is 2. The second-order valence-corrected chi connectivity index (χ2v) is 4.81. The number of rotatable bonds is 1. The number of nitrogens with one attached hydrogen (secondary N) is 1. The number of fused-ring (bicyclic) bond motifs is 1. The fourth-order valence-electron chi connectivity index (χ4n) is 2.42. The van der Waals surface area contributed by atoms with Crippen molar-refractivity contribution in [1.29, 1.82) is 0 Å². The Kier molecular flexibility index (Phi) is 2.86. The summed E-state index contributed by atoms with van der Waals surface area (Å²) in [6.45, 7) is 3.82. The van der Waals surface area contributed by atoms with Crippen LogP contribution in [0.4, 0.5) is 4.39 Å². The first kappa shape index (κ1) is 12.5. The second-order valence-electron chi connectivity index (χ2n) is 4.81. The molecule has 0 spiro atoms. The van der Waals surface area contributed by atoms with Crippen LogP contribution < -0.4 is 5.56 Å². The van der Waals surface area contributed by atoms with E-state index in [1.807, 2.05) is 26.0 Å². The Balaban J connectivity index is 2.39. The van der Waals surface area contributed by atoms with Crippen molar-refractivity contribution < 1.29 is 4.39 Å². The van der Waals surface area contributed by atoms with Crippen LogP contribution in [0.1, 0.15) is 11.4 Å². The monoisotopic (exact) mass is 268 g/mol. The first-order chi connectivity index (χ1) is 9.56. The van der Waals surface area contributed by atoms with E-state index in [1.54, 1.807) is 6.20 Å². The van der Waals surface area contributed by atoms with E-state index in [0.29, 0.717) is 10.8 Å². The predicted octanol–water partition coefficient (Wildman–Crippen LogP) is 3.35. The van der Waals surface area contributed by atoms with Gasteiger partial charge in [0, 0.05) is 34.1 Å². The average Bonchev–Trinajstić information content (AvgIpc) is 2.40. The highest BCUT2D eigenvalue weighted by atomic mass is 19.1. The molecule has 0 radical (unpaired) electrons. The van der Waals surface area contributed by atoms with Crippen LogP contribution in [0.3, 0.4) is 0 Å². The quantitative estimate of drug-likeness (QED) is 0.735. The van der Waals surface area contributed by atoms with Gasteiger partial charge in [-0.2, -0.15) is 0 Å². The molecule has 0 saturated carbocycles. The lowest BCUT2D eigenvalue weighted by molar-refractivity contribution is 0.629. The molecular weight excluding hydrogens is 255 g/mol. The summed E-state index contributed by atoms with van der Waals surface area (Å²) in [5.74, 6) is -0.359. The molecule has 4 heteroatoms. The molecule has 0 aliphatic heterocycles. The third kappa shape index (κ3) is 1.99. The fourth-order valence-corrected chi connectivity index (χ4v) is 2.42. The first-order valence-electron chi connectivity index (χ1n) is 6.32. The average molecular weight is 268 g/mol. The van der Waals surface area contributed by atoms with Crippen LogP contribution in [0.25, 0.3) is 21.9 Å². The highest BCUT2D eigenvalue weighted by Gasteiger charge is 2.10. The van der Waals surface area contributed by atoms with Crippen LogP contribution >= 0.6 is 0 Å². The topological polar surface area (TPSA) is 45.8 Å². The summed E-state index contributed by atoms with van der Waals surface area (Å²) >= 11 is 0. The highest BCUT2D eigenvalue weighted by Crippen LogP contribution is 2.28. The smallest absolute Gasteiger partial charge is 0.255 e. The molecule has 3 rings (SSSR count). The summed E-state index contributed by atoms with van der Waals surface area (Å²) in [5, 5.41) is 1.08. The van der Waals surface area contributed by atoms with Gasteiger partial charge < -0.3 is 4.98 Å². The molecule has 0 saturated heterocycles. The molecule has 0 fully saturated rings. The standard InChI is InChI=1S/C16H13FN2O/c1-9-3-5-12(10(2)19-9)15-8-18-16(20)13-6-4-11(17)7-14(13)15/h3-8H,1-2H3,(H,18,20). The number of aromatic amines is 1. The van der Waals surface area contributed by atoms with Crippen molar-refractivity contribution in [2.45, 2.75) is 13.8 Å². The Morgan fingerprint density at radius 3 is 2.60 bits per heavy atom. The van der Waals surface area contributed by atoms with Gasteiger partial charge >= 0.3 is 0 Å². The zero-order valence-electron chi connectivity index (χ0n) is 11.2. The maximum atomic E-state index is 13.5. The number of hydrogen-bond donors (Lipinski definition) is 1. The lowest BCUT2D eigenvalue weighted by atomic mass is 9.99. The van der Waals surface area contributed by atoms with Crippen molar-refractivity contribution in [1.82, 2.24) is 9.97 Å². The summed E-state index contributed by atoms with van der Waals surface area (Å²) < 4.78 is 13.5. The van der Waals surface area contributed by atoms with Crippen LogP contribution in [0.15, 0.2) is 41.3 Å². The van der Waals surface area contributed by atoms with Crippen LogP contribution in [-0.4, -0.2) is 9.97 Å². The normalized spacial score (nSPS) is 10.9. The van der Waals surface area contributed by atoms with Gasteiger partial charge in [-0.3, -0.25) is 9.78 Å². The molecule has 1 aromatic carbocycles. The number of aromatic nitrogens is 2. The van der Waals surface area contributed by atoms with E-state index in [2.05, 4.69) is 9.97 Å². The molecule has 1 N–H and O–H groups in total. The predicted molar refractivity (Wildman–Crippen MR) is 77.2 cm³/mol. The minimum absolute atomic E-state index is 0.221. The van der Waals surface area contributed by atoms with Crippen LogP contribution in [0, 0.1) is 19.7 Å². The molecule has 3 nitrogen and oxygen atoms in total. The number of nitrogens with zero attached hydrogens (tertiary/aromatic N) is 1. The summed E-state index contributed by atoms with van der Waals surface area (Å²) in [6.07, 6.45) is 1.61. The lowest BCUT2D eigenvalue weighted by Gasteiger charge is -2.09. The van der Waals surface area contributed by atoms with E-state index in [-0.39, 0.29) is 11.4 Å². The van der Waals surface area contributed by atoms with Gasteiger partial charge in [0.1, 0.15) is 5.82 Å². The van der Waals surface area contributed by atoms with Crippen molar-refractivity contribution in [2.24, 2.45) is 0 Å². The molecule has 3 aromatic rings. The molecule has 0 amide bonds. The summed E-state index contributed by atoms with van der Waals surface area (Å²) in [6, 6.07) is 8.03. The minimum atomic E-state index is -0.359. The Bertz CT molecular complexity index is 868. The largest absolute Gasteiger partial charge is 0.328 e. The number of halogens is 1. The van der Waals surface area contributed by atoms with Crippen molar-refractivity contribution in [3.05, 3.63) is 64.1 Å². The van der Waals surface area contributed by atoms with E-state index in [1.165, 1.54) is 18.2 Å². The van der Waals surface area contributed by atoms with Crippen molar-refractivity contribution in [3.8, 4) is 11.1 Å². The molecule has 100 valence electrons. The van der Waals surface area contributed by atoms with E-state index in [4.69, 9.17) is 0 Å². The van der Waals surface area contributed by atoms with Gasteiger partial charge in [0.05, 0.1) is 0 Å². The highest BCUT2D eigenvalue weighted by molar-refractivity contribution is 5.96. The Hall–Kier alpha value is -2.49. The van der Waals surface area contributed by atoms with Gasteiger partial charge in [-0.25, -0.2) is 4.39 Å². The Morgan fingerprint density at radius 1 is 1.05 bits per heavy atom. The number of pyridine rings is 2. The number of H-pyrrole nitrogens is 1. The fraction of sp³-hybridized carbons (Fsp3) is 0.125. The van der Waals surface area contributed by atoms with E-state index in [9.17, 15) is 9.18 Å². The van der Waals surface area contributed by atoms with Gasteiger partial charge in [0.15, 0.2) is 0 Å². The van der Waals surface area contributed by atoms with E-state index in [0.717, 1.165) is 22.5 Å². The van der Waals surface area contributed by atoms with Crippen LogP contribution in [-0.2, 0) is 0 Å². The summed E-state index contributed by atoms with van der Waals surface area (Å²) in [4.78, 5) is 18.9.